The van der Waals surface area contributed by atoms with Gasteiger partial charge in [0, 0.05) is 43.5 Å². The van der Waals surface area contributed by atoms with Crippen LogP contribution in [0.1, 0.15) is 44.6 Å². The molecule has 39 heavy (non-hydrogen) atoms. The molecule has 0 amide bonds. The molecule has 1 aromatic heterocycles. The van der Waals surface area contributed by atoms with Gasteiger partial charge in [-0.25, -0.2) is 0 Å². The average Bonchev–Trinajstić information content (AvgIpc) is 3.68. The van der Waals surface area contributed by atoms with E-state index in [1.54, 1.807) is 0 Å². The summed E-state index contributed by atoms with van der Waals surface area (Å²) in [6, 6.07) is 16.4. The molecule has 208 valence electrons. The second kappa shape index (κ2) is 11.5. The summed E-state index contributed by atoms with van der Waals surface area (Å²) in [5.41, 5.74) is 2.29. The lowest BCUT2D eigenvalue weighted by atomic mass is 10.0. The molecule has 3 atom stereocenters. The van der Waals surface area contributed by atoms with Crippen LogP contribution in [0.4, 0.5) is 0 Å². The number of carbonyl (C=O) groups is 2. The number of carbonyl (C=O) groups excluding carboxylic acids is 2. The highest BCUT2D eigenvalue weighted by atomic mass is 16.6. The van der Waals surface area contributed by atoms with Crippen molar-refractivity contribution in [2.45, 2.75) is 71.1 Å². The highest BCUT2D eigenvalue weighted by molar-refractivity contribution is 5.83. The second-order valence-electron chi connectivity index (χ2n) is 11.3. The fraction of sp³-hybridized carbons (Fsp3) is 0.484. The molecule has 2 saturated heterocycles. The zero-order valence-corrected chi connectivity index (χ0v) is 23.2. The number of ether oxygens (including phenoxy) is 3. The third-order valence-corrected chi connectivity index (χ3v) is 7.20. The van der Waals surface area contributed by atoms with Crippen molar-refractivity contribution in [3.05, 3.63) is 71.5 Å². The number of furan rings is 1. The minimum Gasteiger partial charge on any atom is -0.461 e. The Morgan fingerprint density at radius 3 is 2.46 bits per heavy atom. The quantitative estimate of drug-likeness (QED) is 0.296. The molecule has 0 saturated carbocycles. The Morgan fingerprint density at radius 1 is 1.05 bits per heavy atom. The number of fused-ring (bicyclic) bond motifs is 1. The van der Waals surface area contributed by atoms with Crippen molar-refractivity contribution in [3.8, 4) is 0 Å². The molecule has 8 heteroatoms. The predicted octanol–water partition coefficient (Wildman–Crippen LogP) is 4.33. The summed E-state index contributed by atoms with van der Waals surface area (Å²) in [5, 5.41) is 1.10. The van der Waals surface area contributed by atoms with Crippen LogP contribution in [0.5, 0.6) is 0 Å². The molecular weight excluding hydrogens is 496 g/mol. The van der Waals surface area contributed by atoms with E-state index in [-0.39, 0.29) is 24.6 Å². The van der Waals surface area contributed by atoms with Gasteiger partial charge in [-0.15, -0.1) is 0 Å². The second-order valence-corrected chi connectivity index (χ2v) is 11.3. The van der Waals surface area contributed by atoms with E-state index in [1.807, 2.05) is 74.2 Å². The number of hydrogen-bond donors (Lipinski definition) is 0. The summed E-state index contributed by atoms with van der Waals surface area (Å²) in [6.45, 7) is 10.5. The summed E-state index contributed by atoms with van der Waals surface area (Å²) in [4.78, 5) is 31.1. The zero-order valence-electron chi connectivity index (χ0n) is 23.2. The molecule has 3 aromatic rings. The van der Waals surface area contributed by atoms with Gasteiger partial charge in [0.2, 0.25) is 0 Å². The molecule has 3 unspecified atom stereocenters. The maximum Gasteiger partial charge on any atom is 0.326 e. The first-order valence-electron chi connectivity index (χ1n) is 13.8. The monoisotopic (exact) mass is 534 g/mol. The van der Waals surface area contributed by atoms with E-state index in [4.69, 9.17) is 18.6 Å². The molecule has 3 heterocycles. The van der Waals surface area contributed by atoms with Crippen LogP contribution in [0.15, 0.2) is 59.0 Å². The van der Waals surface area contributed by atoms with E-state index in [9.17, 15) is 9.59 Å². The van der Waals surface area contributed by atoms with E-state index in [1.165, 1.54) is 0 Å². The van der Waals surface area contributed by atoms with Crippen molar-refractivity contribution in [1.29, 1.82) is 0 Å². The fourth-order valence-corrected chi connectivity index (χ4v) is 5.30. The van der Waals surface area contributed by atoms with Crippen LogP contribution in [-0.2, 0) is 43.4 Å². The Bertz CT molecular complexity index is 1290. The number of benzene rings is 2. The maximum absolute atomic E-state index is 13.6. The van der Waals surface area contributed by atoms with Crippen molar-refractivity contribution in [2.24, 2.45) is 0 Å². The zero-order chi connectivity index (χ0) is 27.6. The first-order chi connectivity index (χ1) is 18.7. The molecule has 2 aromatic carbocycles. The number of aryl methyl sites for hydroxylation is 1. The van der Waals surface area contributed by atoms with Gasteiger partial charge in [0.25, 0.3) is 0 Å². The summed E-state index contributed by atoms with van der Waals surface area (Å²) < 4.78 is 23.3. The lowest BCUT2D eigenvalue weighted by Gasteiger charge is -2.43. The molecule has 2 fully saturated rings. The van der Waals surface area contributed by atoms with Crippen LogP contribution < -0.4 is 0 Å². The first kappa shape index (κ1) is 27.4. The third-order valence-electron chi connectivity index (χ3n) is 7.20. The van der Waals surface area contributed by atoms with E-state index in [0.29, 0.717) is 32.8 Å². The van der Waals surface area contributed by atoms with Gasteiger partial charge < -0.3 is 18.6 Å². The van der Waals surface area contributed by atoms with Crippen LogP contribution in [0.25, 0.3) is 11.0 Å². The Balaban J connectivity index is 1.39. The summed E-state index contributed by atoms with van der Waals surface area (Å²) in [5.74, 6) is 0.235. The predicted molar refractivity (Wildman–Crippen MR) is 147 cm³/mol. The molecular formula is C31H38N2O6. The summed E-state index contributed by atoms with van der Waals surface area (Å²) in [7, 11) is 0. The molecule has 0 spiro atoms. The Morgan fingerprint density at radius 2 is 1.77 bits per heavy atom. The highest BCUT2D eigenvalue weighted by Gasteiger charge is 2.49. The van der Waals surface area contributed by atoms with E-state index in [0.717, 1.165) is 34.3 Å². The Labute approximate surface area is 229 Å². The van der Waals surface area contributed by atoms with Crippen molar-refractivity contribution in [2.75, 3.05) is 26.2 Å². The highest BCUT2D eigenvalue weighted by Crippen LogP contribution is 2.31. The van der Waals surface area contributed by atoms with Gasteiger partial charge in [-0.3, -0.25) is 19.4 Å². The standard InChI is InChI=1S/C31H38N2O6/c1-5-25-23(22-13-9-10-14-26(22)38-25)17-32-15-16-33(28(27-20-36-27)30(35)39-31(2,3)4)24(18-32)29(34)37-19-21-11-7-6-8-12-21/h6-14,24,27-28H,5,15-20H2,1-4H3. The van der Waals surface area contributed by atoms with Crippen molar-refractivity contribution >= 4 is 22.9 Å². The van der Waals surface area contributed by atoms with Crippen LogP contribution in [0, 0.1) is 0 Å². The maximum atomic E-state index is 13.6. The van der Waals surface area contributed by atoms with Gasteiger partial charge in [0.05, 0.1) is 6.61 Å². The van der Waals surface area contributed by atoms with Gasteiger partial charge in [0.15, 0.2) is 0 Å². The number of para-hydroxylation sites is 1. The number of nitrogens with zero attached hydrogens (tertiary/aromatic N) is 2. The SMILES string of the molecule is CCc1oc2ccccc2c1CN1CCN(C(C(=O)OC(C)(C)C)C2CO2)C(C(=O)OCc2ccccc2)C1. The Kier molecular flexibility index (Phi) is 8.07. The molecule has 0 bridgehead atoms. The third kappa shape index (κ3) is 6.52. The molecule has 2 aliphatic heterocycles. The van der Waals surface area contributed by atoms with Gasteiger partial charge >= 0.3 is 11.9 Å². The minimum absolute atomic E-state index is 0.174. The normalized spacial score (nSPS) is 21.0. The molecule has 0 N–H and O–H groups in total. The number of epoxide rings is 1. The van der Waals surface area contributed by atoms with Crippen molar-refractivity contribution in [1.82, 2.24) is 9.80 Å². The van der Waals surface area contributed by atoms with Crippen LogP contribution in [0.3, 0.4) is 0 Å². The number of esters is 2. The molecule has 8 nitrogen and oxygen atoms in total. The van der Waals surface area contributed by atoms with E-state index in [2.05, 4.69) is 17.9 Å². The first-order valence-corrected chi connectivity index (χ1v) is 13.8. The lowest BCUT2D eigenvalue weighted by molar-refractivity contribution is -0.169. The lowest BCUT2D eigenvalue weighted by Crippen LogP contribution is -2.63. The van der Waals surface area contributed by atoms with Crippen LogP contribution in [-0.4, -0.2) is 71.8 Å². The topological polar surface area (TPSA) is 84.8 Å². The number of rotatable bonds is 9. The van der Waals surface area contributed by atoms with E-state index < -0.39 is 17.7 Å². The van der Waals surface area contributed by atoms with Crippen LogP contribution >= 0.6 is 0 Å². The smallest absolute Gasteiger partial charge is 0.326 e. The van der Waals surface area contributed by atoms with Crippen LogP contribution in [0.2, 0.25) is 0 Å². The number of hydrogen-bond acceptors (Lipinski definition) is 8. The summed E-state index contributed by atoms with van der Waals surface area (Å²) in [6.07, 6.45) is 0.493. The van der Waals surface area contributed by atoms with E-state index >= 15 is 0 Å². The number of piperazine rings is 1. The average molecular weight is 535 g/mol. The fourth-order valence-electron chi connectivity index (χ4n) is 5.30. The Hall–Kier alpha value is -3.20. The minimum atomic E-state index is -0.665. The van der Waals surface area contributed by atoms with Crippen molar-refractivity contribution in [3.63, 3.8) is 0 Å². The largest absolute Gasteiger partial charge is 0.461 e. The molecule has 2 aliphatic rings. The summed E-state index contributed by atoms with van der Waals surface area (Å²) >= 11 is 0. The van der Waals surface area contributed by atoms with Gasteiger partial charge in [-0.05, 0) is 32.4 Å². The van der Waals surface area contributed by atoms with Gasteiger partial charge in [-0.2, -0.15) is 0 Å². The molecule has 0 radical (unpaired) electrons. The van der Waals surface area contributed by atoms with Gasteiger partial charge in [0.1, 0.15) is 41.7 Å². The molecule has 5 rings (SSSR count). The van der Waals surface area contributed by atoms with Crippen molar-refractivity contribution < 1.29 is 28.2 Å². The molecule has 0 aliphatic carbocycles. The van der Waals surface area contributed by atoms with Gasteiger partial charge in [-0.1, -0.05) is 55.5 Å².